The molecule has 0 unspecified atom stereocenters. The maximum absolute atomic E-state index is 7.48. The number of nitrogens with one attached hydrogen (secondary N) is 2. The molecule has 0 spiro atoms. The zero-order valence-electron chi connectivity index (χ0n) is 10.8. The van der Waals surface area contributed by atoms with Crippen LogP contribution in [0, 0.1) is 5.41 Å². The largest absolute Gasteiger partial charge is 0.384 e. The normalized spacial score (nSPS) is 15.6. The van der Waals surface area contributed by atoms with Crippen LogP contribution in [0.15, 0.2) is 18.3 Å². The highest BCUT2D eigenvalue weighted by Crippen LogP contribution is 2.09. The van der Waals surface area contributed by atoms with Gasteiger partial charge in [-0.15, -0.1) is 12.4 Å². The lowest BCUT2D eigenvalue weighted by molar-refractivity contribution is 0.0398. The zero-order valence-corrected chi connectivity index (χ0v) is 11.6. The SMILES string of the molecule is Cl.N=C(N)c1cccnc1NCCN1CCOCC1. The lowest BCUT2D eigenvalue weighted by atomic mass is 10.2. The molecule has 0 bridgehead atoms. The summed E-state index contributed by atoms with van der Waals surface area (Å²) >= 11 is 0. The molecular weight excluding hydrogens is 266 g/mol. The summed E-state index contributed by atoms with van der Waals surface area (Å²) in [6.45, 7) is 5.30. The molecular formula is C12H20ClN5O. The van der Waals surface area contributed by atoms with Crippen molar-refractivity contribution in [3.05, 3.63) is 23.9 Å². The van der Waals surface area contributed by atoms with Gasteiger partial charge in [0.15, 0.2) is 0 Å². The van der Waals surface area contributed by atoms with Gasteiger partial charge in [0.25, 0.3) is 0 Å². The number of halogens is 1. The summed E-state index contributed by atoms with van der Waals surface area (Å²) < 4.78 is 5.30. The molecule has 2 heterocycles. The molecule has 1 aromatic rings. The zero-order chi connectivity index (χ0) is 12.8. The number of nitrogens with two attached hydrogens (primary N) is 1. The maximum Gasteiger partial charge on any atom is 0.136 e. The summed E-state index contributed by atoms with van der Waals surface area (Å²) in [7, 11) is 0. The van der Waals surface area contributed by atoms with Crippen molar-refractivity contribution in [2.75, 3.05) is 44.7 Å². The Bertz CT molecular complexity index is 409. The molecule has 19 heavy (non-hydrogen) atoms. The standard InChI is InChI=1S/C12H19N5O.ClH/c13-11(14)10-2-1-3-15-12(10)16-4-5-17-6-8-18-9-7-17;/h1-3H,4-9H2,(H3,13,14)(H,15,16);1H. The molecule has 106 valence electrons. The maximum atomic E-state index is 7.48. The van der Waals surface area contributed by atoms with E-state index >= 15 is 0 Å². The number of ether oxygens (including phenoxy) is 1. The number of hydrogen-bond acceptors (Lipinski definition) is 5. The van der Waals surface area contributed by atoms with E-state index in [0.717, 1.165) is 39.4 Å². The van der Waals surface area contributed by atoms with Gasteiger partial charge < -0.3 is 15.8 Å². The van der Waals surface area contributed by atoms with E-state index in [1.54, 1.807) is 18.3 Å². The van der Waals surface area contributed by atoms with Crippen LogP contribution in [-0.2, 0) is 4.74 Å². The van der Waals surface area contributed by atoms with Gasteiger partial charge in [-0.1, -0.05) is 0 Å². The van der Waals surface area contributed by atoms with Gasteiger partial charge in [-0.25, -0.2) is 4.98 Å². The first-order chi connectivity index (χ1) is 8.77. The minimum Gasteiger partial charge on any atom is -0.384 e. The van der Waals surface area contributed by atoms with Gasteiger partial charge >= 0.3 is 0 Å². The van der Waals surface area contributed by atoms with Crippen LogP contribution < -0.4 is 11.1 Å². The molecule has 0 radical (unpaired) electrons. The van der Waals surface area contributed by atoms with Gasteiger partial charge in [0.2, 0.25) is 0 Å². The van der Waals surface area contributed by atoms with Crippen LogP contribution in [0.25, 0.3) is 0 Å². The van der Waals surface area contributed by atoms with Gasteiger partial charge in [0.1, 0.15) is 11.7 Å². The van der Waals surface area contributed by atoms with Gasteiger partial charge in [-0.3, -0.25) is 10.3 Å². The third-order valence-electron chi connectivity index (χ3n) is 2.92. The molecule has 1 aliphatic heterocycles. The molecule has 0 aliphatic carbocycles. The van der Waals surface area contributed by atoms with Gasteiger partial charge in [0.05, 0.1) is 18.8 Å². The van der Waals surface area contributed by atoms with Crippen LogP contribution in [-0.4, -0.2) is 55.1 Å². The number of pyridine rings is 1. The van der Waals surface area contributed by atoms with Gasteiger partial charge in [-0.2, -0.15) is 0 Å². The highest BCUT2D eigenvalue weighted by atomic mass is 35.5. The van der Waals surface area contributed by atoms with E-state index in [0.29, 0.717) is 11.4 Å². The average molecular weight is 286 g/mol. The Kier molecular flexibility index (Phi) is 6.55. The molecule has 4 N–H and O–H groups in total. The number of anilines is 1. The van der Waals surface area contributed by atoms with Gasteiger partial charge in [0, 0.05) is 32.4 Å². The monoisotopic (exact) mass is 285 g/mol. The minimum absolute atomic E-state index is 0. The van der Waals surface area contributed by atoms with E-state index in [1.165, 1.54) is 0 Å². The van der Waals surface area contributed by atoms with Crippen LogP contribution in [0.5, 0.6) is 0 Å². The smallest absolute Gasteiger partial charge is 0.136 e. The average Bonchev–Trinajstić information content (AvgIpc) is 2.40. The van der Waals surface area contributed by atoms with Crippen molar-refractivity contribution in [3.63, 3.8) is 0 Å². The molecule has 0 atom stereocenters. The van der Waals surface area contributed by atoms with Crippen LogP contribution >= 0.6 is 12.4 Å². The second-order valence-corrected chi connectivity index (χ2v) is 4.19. The predicted octanol–water partition coefficient (Wildman–Crippen LogP) is 0.532. The molecule has 0 amide bonds. The summed E-state index contributed by atoms with van der Waals surface area (Å²) in [6.07, 6.45) is 1.70. The number of nitrogens with zero attached hydrogens (tertiary/aromatic N) is 2. The molecule has 1 aromatic heterocycles. The third kappa shape index (κ3) is 4.66. The van der Waals surface area contributed by atoms with Crippen molar-refractivity contribution in [3.8, 4) is 0 Å². The summed E-state index contributed by atoms with van der Waals surface area (Å²) in [4.78, 5) is 6.55. The molecule has 1 aliphatic rings. The number of hydrogen-bond donors (Lipinski definition) is 3. The van der Waals surface area contributed by atoms with E-state index in [1.807, 2.05) is 0 Å². The Morgan fingerprint density at radius 3 is 2.89 bits per heavy atom. The summed E-state index contributed by atoms with van der Waals surface area (Å²) in [6, 6.07) is 3.58. The second-order valence-electron chi connectivity index (χ2n) is 4.19. The summed E-state index contributed by atoms with van der Waals surface area (Å²) in [5.74, 6) is 0.718. The Labute approximate surface area is 119 Å². The first-order valence-electron chi connectivity index (χ1n) is 6.11. The fourth-order valence-electron chi connectivity index (χ4n) is 1.92. The van der Waals surface area contributed by atoms with Gasteiger partial charge in [-0.05, 0) is 12.1 Å². The van der Waals surface area contributed by atoms with Crippen molar-refractivity contribution < 1.29 is 4.74 Å². The minimum atomic E-state index is 0. The molecule has 1 fully saturated rings. The van der Waals surface area contributed by atoms with Crippen molar-refractivity contribution >= 4 is 24.1 Å². The third-order valence-corrected chi connectivity index (χ3v) is 2.92. The lowest BCUT2D eigenvalue weighted by Crippen LogP contribution is -2.39. The van der Waals surface area contributed by atoms with Crippen LogP contribution in [0.1, 0.15) is 5.56 Å². The van der Waals surface area contributed by atoms with Crippen LogP contribution in [0.3, 0.4) is 0 Å². The fourth-order valence-corrected chi connectivity index (χ4v) is 1.92. The quantitative estimate of drug-likeness (QED) is 0.543. The van der Waals surface area contributed by atoms with Crippen molar-refractivity contribution in [1.29, 1.82) is 5.41 Å². The second kappa shape index (κ2) is 7.93. The Hall–Kier alpha value is -1.37. The molecule has 0 saturated carbocycles. The lowest BCUT2D eigenvalue weighted by Gasteiger charge is -2.26. The van der Waals surface area contributed by atoms with E-state index in [9.17, 15) is 0 Å². The first-order valence-corrected chi connectivity index (χ1v) is 6.11. The Morgan fingerprint density at radius 1 is 1.47 bits per heavy atom. The number of morpholine rings is 1. The van der Waals surface area contributed by atoms with Crippen molar-refractivity contribution in [2.24, 2.45) is 5.73 Å². The van der Waals surface area contributed by atoms with Crippen molar-refractivity contribution in [1.82, 2.24) is 9.88 Å². The number of amidine groups is 1. The van der Waals surface area contributed by atoms with E-state index in [4.69, 9.17) is 15.9 Å². The molecule has 1 saturated heterocycles. The molecule has 2 rings (SSSR count). The topological polar surface area (TPSA) is 87.3 Å². The summed E-state index contributed by atoms with van der Waals surface area (Å²) in [5.41, 5.74) is 6.16. The number of aromatic nitrogens is 1. The fraction of sp³-hybridized carbons (Fsp3) is 0.500. The predicted molar refractivity (Wildman–Crippen MR) is 78.2 cm³/mol. The number of rotatable bonds is 5. The molecule has 7 heteroatoms. The van der Waals surface area contributed by atoms with E-state index in [-0.39, 0.29) is 18.2 Å². The van der Waals surface area contributed by atoms with Crippen LogP contribution in [0.2, 0.25) is 0 Å². The highest BCUT2D eigenvalue weighted by Gasteiger charge is 2.10. The van der Waals surface area contributed by atoms with E-state index < -0.39 is 0 Å². The Balaban J connectivity index is 0.00000180. The first kappa shape index (κ1) is 15.7. The molecule has 6 nitrogen and oxygen atoms in total. The van der Waals surface area contributed by atoms with E-state index in [2.05, 4.69) is 15.2 Å². The Morgan fingerprint density at radius 2 is 2.21 bits per heavy atom. The summed E-state index contributed by atoms with van der Waals surface area (Å²) in [5, 5.41) is 10.7. The highest BCUT2D eigenvalue weighted by molar-refractivity contribution is 5.99. The van der Waals surface area contributed by atoms with Crippen molar-refractivity contribution in [2.45, 2.75) is 0 Å². The number of nitrogen functional groups attached to an aromatic ring is 1. The molecule has 0 aromatic carbocycles. The van der Waals surface area contributed by atoms with Crippen LogP contribution in [0.4, 0.5) is 5.82 Å².